The van der Waals surface area contributed by atoms with Crippen LogP contribution in [0.15, 0.2) is 24.3 Å². The zero-order valence-electron chi connectivity index (χ0n) is 14.2. The Balaban J connectivity index is 1.70. The third-order valence-corrected chi connectivity index (χ3v) is 5.19. The Morgan fingerprint density at radius 1 is 1.25 bits per heavy atom. The molecule has 1 saturated heterocycles. The van der Waals surface area contributed by atoms with Gasteiger partial charge in [0, 0.05) is 5.69 Å². The second-order valence-electron chi connectivity index (χ2n) is 6.94. The van der Waals surface area contributed by atoms with Crippen molar-refractivity contribution in [1.29, 1.82) is 0 Å². The van der Waals surface area contributed by atoms with E-state index < -0.39 is 17.4 Å². The van der Waals surface area contributed by atoms with Crippen LogP contribution >= 0.6 is 0 Å². The highest BCUT2D eigenvalue weighted by atomic mass is 16.6. The van der Waals surface area contributed by atoms with Crippen LogP contribution in [0.25, 0.3) is 0 Å². The molecular weight excluding hydrogens is 308 g/mol. The monoisotopic (exact) mass is 332 g/mol. The number of anilines is 1. The molecule has 1 aromatic carbocycles. The van der Waals surface area contributed by atoms with Gasteiger partial charge in [-0.3, -0.25) is 9.69 Å². The maximum Gasteiger partial charge on any atom is 0.413 e. The number of nitrogens with one attached hydrogen (secondary N) is 1. The van der Waals surface area contributed by atoms with Gasteiger partial charge < -0.3 is 15.2 Å². The summed E-state index contributed by atoms with van der Waals surface area (Å²) in [6, 6.07) is 7.40. The summed E-state index contributed by atoms with van der Waals surface area (Å²) in [5.74, 6) is -0.357. The molecule has 2 aliphatic rings. The van der Waals surface area contributed by atoms with Gasteiger partial charge in [-0.15, -0.1) is 0 Å². The maximum absolute atomic E-state index is 12.3. The summed E-state index contributed by atoms with van der Waals surface area (Å²) in [6.45, 7) is 3.30. The number of ether oxygens (including phenoxy) is 1. The minimum Gasteiger partial charge on any atom is -0.438 e. The van der Waals surface area contributed by atoms with Crippen LogP contribution in [0.3, 0.4) is 0 Å². The summed E-state index contributed by atoms with van der Waals surface area (Å²) >= 11 is 0. The van der Waals surface area contributed by atoms with Crippen molar-refractivity contribution >= 4 is 17.7 Å². The van der Waals surface area contributed by atoms with E-state index in [-0.39, 0.29) is 12.5 Å². The lowest BCUT2D eigenvalue weighted by Gasteiger charge is -2.41. The Kier molecular flexibility index (Phi) is 4.25. The van der Waals surface area contributed by atoms with E-state index in [0.29, 0.717) is 18.5 Å². The fourth-order valence-electron chi connectivity index (χ4n) is 3.64. The fourth-order valence-corrected chi connectivity index (χ4v) is 3.64. The zero-order chi connectivity index (χ0) is 17.4. The Morgan fingerprint density at radius 3 is 2.50 bits per heavy atom. The second kappa shape index (κ2) is 6.09. The van der Waals surface area contributed by atoms with Crippen molar-refractivity contribution in [2.75, 3.05) is 11.9 Å². The molecule has 3 rings (SSSR count). The first-order valence-corrected chi connectivity index (χ1v) is 8.44. The van der Waals surface area contributed by atoms with E-state index in [9.17, 15) is 14.7 Å². The van der Waals surface area contributed by atoms with Crippen molar-refractivity contribution < 1.29 is 19.4 Å². The van der Waals surface area contributed by atoms with Gasteiger partial charge in [-0.2, -0.15) is 0 Å². The molecule has 0 aromatic heterocycles. The molecule has 2 N–H and O–H groups in total. The molecule has 2 fully saturated rings. The molecule has 1 atom stereocenters. The highest BCUT2D eigenvalue weighted by Gasteiger charge is 2.62. The number of carbonyl (C=O) groups excluding carboxylic acids is 2. The van der Waals surface area contributed by atoms with Crippen molar-refractivity contribution in [3.05, 3.63) is 29.8 Å². The third kappa shape index (κ3) is 2.86. The minimum atomic E-state index is -1.48. The molecule has 130 valence electrons. The molecule has 1 aliphatic carbocycles. The lowest BCUT2D eigenvalue weighted by Crippen LogP contribution is -2.58. The van der Waals surface area contributed by atoms with Gasteiger partial charge >= 0.3 is 6.09 Å². The van der Waals surface area contributed by atoms with Gasteiger partial charge in [-0.25, -0.2) is 4.79 Å². The molecule has 1 saturated carbocycles. The number of aliphatic hydroxyl groups is 1. The number of carbonyl (C=O) groups is 2. The first-order valence-electron chi connectivity index (χ1n) is 8.44. The third-order valence-electron chi connectivity index (χ3n) is 5.19. The predicted molar refractivity (Wildman–Crippen MR) is 89.4 cm³/mol. The fraction of sp³-hybridized carbons (Fsp3) is 0.556. The highest BCUT2D eigenvalue weighted by molar-refractivity contribution is 5.94. The molecule has 1 aromatic rings. The van der Waals surface area contributed by atoms with E-state index in [1.54, 1.807) is 19.1 Å². The molecule has 24 heavy (non-hydrogen) atoms. The molecule has 0 radical (unpaired) electrons. The molecule has 2 amide bonds. The Morgan fingerprint density at radius 2 is 1.88 bits per heavy atom. The van der Waals surface area contributed by atoms with Gasteiger partial charge in [0.2, 0.25) is 5.91 Å². The summed E-state index contributed by atoms with van der Waals surface area (Å²) in [5.41, 5.74) is -0.620. The Labute approximate surface area is 141 Å². The largest absolute Gasteiger partial charge is 0.438 e. The van der Waals surface area contributed by atoms with Crippen LogP contribution in [0.2, 0.25) is 0 Å². The van der Waals surface area contributed by atoms with Crippen molar-refractivity contribution in [2.24, 2.45) is 0 Å². The lowest BCUT2D eigenvalue weighted by molar-refractivity contribution is -0.160. The first kappa shape index (κ1) is 16.8. The van der Waals surface area contributed by atoms with Gasteiger partial charge in [-0.1, -0.05) is 24.1 Å². The predicted octanol–water partition coefficient (Wildman–Crippen LogP) is 2.80. The summed E-state index contributed by atoms with van der Waals surface area (Å²) in [6.07, 6.45) is 3.52. The van der Waals surface area contributed by atoms with Gasteiger partial charge in [0.25, 0.3) is 0 Å². The summed E-state index contributed by atoms with van der Waals surface area (Å²) in [7, 11) is 0. The van der Waals surface area contributed by atoms with E-state index >= 15 is 0 Å². The van der Waals surface area contributed by atoms with Crippen LogP contribution in [0.1, 0.15) is 44.6 Å². The number of hydrogen-bond acceptors (Lipinski definition) is 4. The van der Waals surface area contributed by atoms with E-state index in [1.807, 2.05) is 19.1 Å². The van der Waals surface area contributed by atoms with Crippen LogP contribution in [0.4, 0.5) is 10.5 Å². The number of rotatable bonds is 3. The number of hydrogen-bond donors (Lipinski definition) is 2. The van der Waals surface area contributed by atoms with Crippen molar-refractivity contribution in [1.82, 2.24) is 4.90 Å². The summed E-state index contributed by atoms with van der Waals surface area (Å²) < 4.78 is 5.54. The van der Waals surface area contributed by atoms with Crippen LogP contribution in [-0.2, 0) is 9.53 Å². The molecule has 1 spiro atoms. The van der Waals surface area contributed by atoms with Crippen LogP contribution in [0, 0.1) is 6.92 Å². The Hall–Kier alpha value is -2.08. The van der Waals surface area contributed by atoms with Crippen molar-refractivity contribution in [3.8, 4) is 0 Å². The van der Waals surface area contributed by atoms with E-state index in [0.717, 1.165) is 29.7 Å². The van der Waals surface area contributed by atoms with E-state index in [2.05, 4.69) is 5.32 Å². The van der Waals surface area contributed by atoms with Gasteiger partial charge in [0.05, 0.1) is 0 Å². The number of aryl methyl sites for hydroxylation is 1. The minimum absolute atomic E-state index is 0.235. The zero-order valence-corrected chi connectivity index (χ0v) is 14.2. The van der Waals surface area contributed by atoms with Crippen molar-refractivity contribution in [2.45, 2.75) is 57.3 Å². The standard InChI is InChI=1S/C18H24N2O4/c1-13-6-8-14(9-7-13)19-15(21)12-20-16(22)24-18(17(20,2)23)10-4-3-5-11-18/h6-9,23H,3-5,10-12H2,1-2H3,(H,19,21). The Bertz CT molecular complexity index is 633. The SMILES string of the molecule is Cc1ccc(NC(=O)CN2C(=O)OC3(CCCCC3)C2(C)O)cc1. The second-order valence-corrected chi connectivity index (χ2v) is 6.94. The maximum atomic E-state index is 12.3. The van der Waals surface area contributed by atoms with Gasteiger partial charge in [-0.05, 0) is 51.7 Å². The van der Waals surface area contributed by atoms with Crippen LogP contribution in [0.5, 0.6) is 0 Å². The topological polar surface area (TPSA) is 78.9 Å². The molecule has 1 unspecified atom stereocenters. The van der Waals surface area contributed by atoms with E-state index in [4.69, 9.17) is 4.74 Å². The molecule has 1 aliphatic heterocycles. The molecule has 6 nitrogen and oxygen atoms in total. The molecule has 0 bridgehead atoms. The van der Waals surface area contributed by atoms with E-state index in [1.165, 1.54) is 0 Å². The molecule has 6 heteroatoms. The van der Waals surface area contributed by atoms with Gasteiger partial charge in [0.15, 0.2) is 11.3 Å². The highest BCUT2D eigenvalue weighted by Crippen LogP contribution is 2.46. The smallest absolute Gasteiger partial charge is 0.413 e. The van der Waals surface area contributed by atoms with Crippen LogP contribution in [-0.4, -0.2) is 39.9 Å². The molecular formula is C18H24N2O4. The molecule has 1 heterocycles. The number of amides is 2. The quantitative estimate of drug-likeness (QED) is 0.892. The normalized spacial score (nSPS) is 25.6. The number of benzene rings is 1. The summed E-state index contributed by atoms with van der Waals surface area (Å²) in [4.78, 5) is 25.7. The number of nitrogens with zero attached hydrogens (tertiary/aromatic N) is 1. The van der Waals surface area contributed by atoms with Crippen molar-refractivity contribution in [3.63, 3.8) is 0 Å². The first-order chi connectivity index (χ1) is 11.3. The lowest BCUT2D eigenvalue weighted by atomic mass is 9.77. The average molecular weight is 332 g/mol. The average Bonchev–Trinajstić information content (AvgIpc) is 2.71. The van der Waals surface area contributed by atoms with Gasteiger partial charge in [0.1, 0.15) is 6.54 Å². The summed E-state index contributed by atoms with van der Waals surface area (Å²) in [5, 5.41) is 13.7. The van der Waals surface area contributed by atoms with Crippen LogP contribution < -0.4 is 5.32 Å².